The number of nitrogens with zero attached hydrogens (tertiary/aromatic N) is 12. The van der Waals surface area contributed by atoms with Crippen molar-refractivity contribution < 1.29 is 48.3 Å². The number of fused-ring (bicyclic) bond motifs is 8. The van der Waals surface area contributed by atoms with E-state index in [4.69, 9.17) is 61.9 Å². The Hall–Kier alpha value is -12.9. The standard InChI is InChI=1S/C30H34N4O4S.C30H34N4O3S.C26H26N4O2S.C26H26N4OS.2CH4/c31-25(20-22-6-2-1-3-7-22)30(36)38-19-18-37-17-16-33-12-14-34(15-13-33)29-24-8-4-5-9-27(24)39-28-21-23(35)10-11-26(28)32-29;31-25(22-23-8-2-1-3-9-23)30(35)37-21-20-36-19-18-33-14-16-34(17-15-33)29-24-10-4-6-12-27(24)38-28-13-7-5-11-26(28)32-29;27-21(16-18-6-2-1-3-7-18)26(32)30-14-12-29(13-15-30)25-20-8-4-5-9-23(20)33-24-17-19(31)10-11-22(24)28-25;27-21(18-19-8-2-1-3-9-19)26(31)30-16-14-29(15-17-30)25-20-10-4-6-12-23(20)32-24-13-7-5-11-22(24)28-25;;/h1-11,21,25,35H,12-20,31H2;1-13,25H,14-22,31H2;1-11,17,21,31H,12-16,27H2;1-13,21H,14-18,27H2;2*1H4. The van der Waals surface area contributed by atoms with Crippen LogP contribution in [-0.4, -0.2) is 278 Å². The molecule has 12 aromatic carbocycles. The summed E-state index contributed by atoms with van der Waals surface area (Å²) in [6.45, 7) is 16.6. The fraction of sp³-hybridized carbons (Fsp3) is 0.298. The van der Waals surface area contributed by atoms with E-state index in [1.807, 2.05) is 174 Å². The van der Waals surface area contributed by atoms with E-state index in [1.54, 1.807) is 71.3 Å². The van der Waals surface area contributed by atoms with Crippen molar-refractivity contribution in [3.05, 3.63) is 348 Å². The van der Waals surface area contributed by atoms with Gasteiger partial charge in [-0.25, -0.2) is 20.0 Å². The van der Waals surface area contributed by atoms with Crippen LogP contribution in [0.1, 0.15) is 59.4 Å². The first-order valence-corrected chi connectivity index (χ1v) is 51.7. The summed E-state index contributed by atoms with van der Waals surface area (Å²) >= 11 is 6.80. The molecule has 0 bridgehead atoms. The number of aliphatic imine (C=N–C) groups is 4. The lowest BCUT2D eigenvalue weighted by Gasteiger charge is -2.37. The summed E-state index contributed by atoms with van der Waals surface area (Å²) in [7, 11) is 0. The molecule has 4 atom stereocenters. The zero-order chi connectivity index (χ0) is 97.9. The predicted molar refractivity (Wildman–Crippen MR) is 578 cm³/mol. The molecule has 30 heteroatoms. The number of aromatic hydroxyl groups is 2. The third-order valence-corrected chi connectivity index (χ3v) is 30.0. The second-order valence-corrected chi connectivity index (χ2v) is 39.7. The van der Waals surface area contributed by atoms with Crippen LogP contribution >= 0.6 is 47.0 Å². The number of amidine groups is 4. The lowest BCUT2D eigenvalue weighted by Crippen LogP contribution is -2.54. The molecule has 4 unspecified atom stereocenters. The number of rotatable bonds is 24. The summed E-state index contributed by atoms with van der Waals surface area (Å²) in [5, 5.41) is 19.9. The molecular formula is C114H128N16O10S4. The van der Waals surface area contributed by atoms with Gasteiger partial charge in [0.2, 0.25) is 11.8 Å². The Morgan fingerprint density at radius 1 is 0.278 bits per heavy atom. The number of hydrogen-bond acceptors (Lipinski definition) is 28. The van der Waals surface area contributed by atoms with Gasteiger partial charge >= 0.3 is 11.9 Å². The highest BCUT2D eigenvalue weighted by Gasteiger charge is 2.35. The van der Waals surface area contributed by atoms with E-state index in [1.165, 1.54) is 20.2 Å². The molecule has 2 amide bonds. The zero-order valence-electron chi connectivity index (χ0n) is 79.4. The highest BCUT2D eigenvalue weighted by atomic mass is 32.2. The van der Waals surface area contributed by atoms with Crippen LogP contribution in [0.25, 0.3) is 0 Å². The summed E-state index contributed by atoms with van der Waals surface area (Å²) in [4.78, 5) is 97.1. The second kappa shape index (κ2) is 52.6. The molecule has 8 aliphatic rings. The van der Waals surface area contributed by atoms with Crippen LogP contribution in [0.3, 0.4) is 0 Å². The Bertz CT molecular complexity index is 6400. The average molecular weight is 2010 g/mol. The monoisotopic (exact) mass is 2010 g/mol. The normalized spacial score (nSPS) is 16.0. The SMILES string of the molecule is C.C.NC(Cc1ccccc1)C(=O)N1CCN(C2=Nc3ccc(O)cc3Sc3ccccc32)CC1.NC(Cc1ccccc1)C(=O)N1CCN(C2=Nc3ccccc3Sc3ccccc32)CC1.NC(Cc1ccccc1)C(=O)OCCOCCN1CCN(C2=Nc3ccc(O)cc3Sc3ccccc32)CC1.NC(Cc1ccccc1)C(=O)OCCOCCN1CCN(C2=Nc3ccccc3Sc3ccccc32)CC1. The maximum absolute atomic E-state index is 13.0. The molecule has 10 N–H and O–H groups in total. The van der Waals surface area contributed by atoms with Gasteiger partial charge in [0.15, 0.2) is 0 Å². The number of phenolic OH excluding ortho intramolecular Hbond substituents is 2. The number of amides is 2. The van der Waals surface area contributed by atoms with Gasteiger partial charge in [0.1, 0.15) is 60.1 Å². The Labute approximate surface area is 862 Å². The van der Waals surface area contributed by atoms with Crippen LogP contribution < -0.4 is 22.9 Å². The van der Waals surface area contributed by atoms with Gasteiger partial charge in [0.05, 0.1) is 61.3 Å². The highest BCUT2D eigenvalue weighted by molar-refractivity contribution is 8.00. The van der Waals surface area contributed by atoms with Gasteiger partial charge in [-0.05, 0) is 133 Å². The number of piperazine rings is 4. The molecule has 4 saturated heterocycles. The average Bonchev–Trinajstić information content (AvgIpc) is 1.66. The van der Waals surface area contributed by atoms with Crippen LogP contribution in [0.4, 0.5) is 22.7 Å². The fourth-order valence-electron chi connectivity index (χ4n) is 17.9. The third kappa shape index (κ3) is 28.4. The highest BCUT2D eigenvalue weighted by Crippen LogP contribution is 2.46. The first-order chi connectivity index (χ1) is 69.5. The summed E-state index contributed by atoms with van der Waals surface area (Å²) in [5.41, 5.74) is 36.9. The number of carbonyl (C=O) groups is 4. The van der Waals surface area contributed by atoms with Gasteiger partial charge in [0.25, 0.3) is 0 Å². The number of nitrogens with two attached hydrogens (primary N) is 4. The van der Waals surface area contributed by atoms with Crippen molar-refractivity contribution >= 4 is 117 Å². The number of carbonyl (C=O) groups excluding carboxylic acids is 4. The molecule has 0 aromatic heterocycles. The van der Waals surface area contributed by atoms with E-state index >= 15 is 0 Å². The lowest BCUT2D eigenvalue weighted by atomic mass is 10.1. The smallest absolute Gasteiger partial charge is 0.323 e. The summed E-state index contributed by atoms with van der Waals surface area (Å²) < 4.78 is 22.0. The van der Waals surface area contributed by atoms with Crippen molar-refractivity contribution in [1.82, 2.24) is 39.2 Å². The summed E-state index contributed by atoms with van der Waals surface area (Å²) in [6.07, 6.45) is 2.03. The topological polar surface area (TPSA) is 325 Å². The molecule has 12 aromatic rings. The number of phenols is 2. The van der Waals surface area contributed by atoms with Crippen LogP contribution in [-0.2, 0) is 63.8 Å². The van der Waals surface area contributed by atoms with Crippen LogP contribution in [0.5, 0.6) is 11.5 Å². The van der Waals surface area contributed by atoms with Crippen LogP contribution in [0, 0.1) is 0 Å². The third-order valence-electron chi connectivity index (χ3n) is 25.5. The molecule has 0 saturated carbocycles. The van der Waals surface area contributed by atoms with Crippen molar-refractivity contribution in [2.45, 2.75) is 104 Å². The molecule has 0 radical (unpaired) electrons. The number of hydrogen-bond donors (Lipinski definition) is 6. The fourth-order valence-corrected chi connectivity index (χ4v) is 22.0. The molecular weight excluding hydrogens is 1880 g/mol. The molecule has 8 heterocycles. The van der Waals surface area contributed by atoms with E-state index in [0.717, 1.165) is 188 Å². The van der Waals surface area contributed by atoms with Crippen LogP contribution in [0.15, 0.2) is 362 Å². The zero-order valence-corrected chi connectivity index (χ0v) is 82.7. The minimum atomic E-state index is -0.673. The Morgan fingerprint density at radius 3 is 0.833 bits per heavy atom. The van der Waals surface area contributed by atoms with Gasteiger partial charge in [-0.1, -0.05) is 280 Å². The molecule has 26 nitrogen and oxygen atoms in total. The molecule has 8 aliphatic heterocycles. The molecule has 0 aliphatic carbocycles. The van der Waals surface area contributed by atoms with Crippen molar-refractivity contribution in [2.75, 3.05) is 157 Å². The quantitative estimate of drug-likeness (QED) is 0.0242. The molecule has 4 fully saturated rings. The second-order valence-electron chi connectivity index (χ2n) is 35.4. The van der Waals surface area contributed by atoms with Crippen molar-refractivity contribution in [3.63, 3.8) is 0 Å². The Kier molecular flexibility index (Phi) is 38.5. The lowest BCUT2D eigenvalue weighted by molar-refractivity contribution is -0.147. The Balaban J connectivity index is 0.000000144. The Morgan fingerprint density at radius 2 is 0.528 bits per heavy atom. The maximum atomic E-state index is 13.0. The molecule has 0 spiro atoms. The van der Waals surface area contributed by atoms with Gasteiger partial charge in [-0.15, -0.1) is 0 Å². The minimum Gasteiger partial charge on any atom is -0.508 e. The first-order valence-electron chi connectivity index (χ1n) is 48.5. The van der Waals surface area contributed by atoms with Gasteiger partial charge < -0.3 is 81.5 Å². The number of ether oxygens (including phenoxy) is 4. The van der Waals surface area contributed by atoms with Gasteiger partial charge in [-0.2, -0.15) is 0 Å². The van der Waals surface area contributed by atoms with E-state index in [-0.39, 0.29) is 51.4 Å². The maximum Gasteiger partial charge on any atom is 0.323 e. The van der Waals surface area contributed by atoms with Crippen molar-refractivity contribution in [2.24, 2.45) is 42.9 Å². The van der Waals surface area contributed by atoms with Gasteiger partial charge in [0, 0.05) is 179 Å². The molecule has 20 rings (SSSR count). The van der Waals surface area contributed by atoms with E-state index in [2.05, 4.69) is 145 Å². The summed E-state index contributed by atoms with van der Waals surface area (Å²) in [6, 6.07) is 97.6. The predicted octanol–water partition coefficient (Wildman–Crippen LogP) is 16.5. The minimum absolute atomic E-state index is 0. The van der Waals surface area contributed by atoms with Crippen molar-refractivity contribution in [3.8, 4) is 11.5 Å². The van der Waals surface area contributed by atoms with Gasteiger partial charge in [-0.3, -0.25) is 29.0 Å². The number of esters is 2. The number of benzene rings is 12. The summed E-state index contributed by atoms with van der Waals surface area (Å²) in [5.74, 6) is 3.64. The van der Waals surface area contributed by atoms with Crippen molar-refractivity contribution in [1.29, 1.82) is 0 Å². The van der Waals surface area contributed by atoms with E-state index in [0.29, 0.717) is 91.4 Å². The van der Waals surface area contributed by atoms with Crippen LogP contribution in [0.2, 0.25) is 0 Å². The number of para-hydroxylation sites is 2. The van der Waals surface area contributed by atoms with E-state index in [9.17, 15) is 29.4 Å². The van der Waals surface area contributed by atoms with E-state index < -0.39 is 36.1 Å². The first kappa shape index (κ1) is 105. The molecule has 144 heavy (non-hydrogen) atoms. The largest absolute Gasteiger partial charge is 0.508 e. The molecule has 748 valence electrons.